The molecule has 0 aromatic rings. The standard InChI is InChI=1S/C51H94N3O9.3ClH/c1-14-52(15-2,16-3)30-37(55)33-61-46(58)44-40-28-43-49(12)25-23-26-50(13,48(60)63-35-39(57)32-54(20-7,21-8)22-9)42(49)24-27-51(43,29-41(40)36(10)11)45(44)47(59)62-34-38(56)31-53(17-4,18-5)19-6;;;/h29,36-40,42-45,55-57H,14-28,30-35H2,1-13H3;3*1H/q+3;;;/p-3/t37?,38?,39?,40?,42-,43-,44?,45?,49+,50-,51?;;;/m1.../s1. The average molecular weight is 1000 g/mol. The lowest BCUT2D eigenvalue weighted by Gasteiger charge is -2.69. The molecule has 2 bridgehead atoms. The van der Waals surface area contributed by atoms with Gasteiger partial charge in [-0.2, -0.15) is 0 Å². The second-order valence-corrected chi connectivity index (χ2v) is 21.4. The predicted molar refractivity (Wildman–Crippen MR) is 248 cm³/mol. The first-order valence-corrected chi connectivity index (χ1v) is 25.5. The molecule has 0 heterocycles. The number of halogens is 3. The van der Waals surface area contributed by atoms with Crippen molar-refractivity contribution in [2.45, 2.75) is 147 Å². The number of aliphatic hydroxyl groups is 3. The summed E-state index contributed by atoms with van der Waals surface area (Å²) >= 11 is 0. The van der Waals surface area contributed by atoms with Crippen LogP contribution in [0.1, 0.15) is 129 Å². The molecule has 66 heavy (non-hydrogen) atoms. The van der Waals surface area contributed by atoms with E-state index in [0.29, 0.717) is 54.3 Å². The van der Waals surface area contributed by atoms with E-state index in [2.05, 4.69) is 96.1 Å². The van der Waals surface area contributed by atoms with Crippen molar-refractivity contribution in [2.24, 2.45) is 51.8 Å². The van der Waals surface area contributed by atoms with Gasteiger partial charge < -0.3 is 80.2 Å². The zero-order chi connectivity index (χ0) is 47.2. The fourth-order valence-corrected chi connectivity index (χ4v) is 14.1. The lowest BCUT2D eigenvalue weighted by molar-refractivity contribution is -0.926. The Balaban J connectivity index is 0.00000726. The summed E-state index contributed by atoms with van der Waals surface area (Å²) in [4.78, 5) is 44.2. The van der Waals surface area contributed by atoms with E-state index >= 15 is 4.79 Å². The van der Waals surface area contributed by atoms with Gasteiger partial charge >= 0.3 is 17.9 Å². The number of likely N-dealkylation sites (N-methyl/N-ethyl adjacent to an activating group) is 3. The number of fused-ring (bicyclic) bond motifs is 2. The Kier molecular flexibility index (Phi) is 24.5. The predicted octanol–water partition coefficient (Wildman–Crippen LogP) is -2.60. The SMILES string of the molecule is CC[N+](CC)(CC)CC(O)COC(=O)C1C2C[C@H]3C(C=C2C(C)C)(CC[C@@H]2[C@]3(C)CCC[C@@]2(C)C(=O)OCC(O)C[N+](CC)(CC)CC)C1C(=O)OCC(O)C[N+](CC)(CC)CC.[Cl-].[Cl-].[Cl-]. The molecule has 0 aromatic carbocycles. The van der Waals surface area contributed by atoms with Gasteiger partial charge in [-0.25, -0.2) is 0 Å². The number of hydrogen-bond donors (Lipinski definition) is 3. The summed E-state index contributed by atoms with van der Waals surface area (Å²) in [6.07, 6.45) is 4.22. The highest BCUT2D eigenvalue weighted by Crippen LogP contribution is 2.73. The largest absolute Gasteiger partial charge is 1.00 e. The van der Waals surface area contributed by atoms with Crippen LogP contribution in [0.25, 0.3) is 0 Å². The van der Waals surface area contributed by atoms with E-state index in [0.717, 1.165) is 76.2 Å². The van der Waals surface area contributed by atoms with Gasteiger partial charge in [0, 0.05) is 5.41 Å². The molecule has 3 N–H and O–H groups in total. The van der Waals surface area contributed by atoms with Crippen LogP contribution in [0, 0.1) is 51.8 Å². The Morgan fingerprint density at radius 1 is 0.621 bits per heavy atom. The number of allylic oxidation sites excluding steroid dienone is 2. The Morgan fingerprint density at radius 2 is 1.03 bits per heavy atom. The van der Waals surface area contributed by atoms with E-state index in [-0.39, 0.29) is 92.1 Å². The zero-order valence-electron chi connectivity index (χ0n) is 43.4. The second kappa shape index (κ2) is 25.8. The molecular weight excluding hydrogens is 905 g/mol. The fourth-order valence-electron chi connectivity index (χ4n) is 14.1. The maximum Gasteiger partial charge on any atom is 0.312 e. The second-order valence-electron chi connectivity index (χ2n) is 21.4. The van der Waals surface area contributed by atoms with Gasteiger partial charge in [0.05, 0.1) is 76.2 Å². The van der Waals surface area contributed by atoms with Crippen LogP contribution in [0.5, 0.6) is 0 Å². The lowest BCUT2D eigenvalue weighted by Crippen LogP contribution is -3.00. The van der Waals surface area contributed by atoms with Gasteiger partial charge in [0.15, 0.2) is 0 Å². The highest BCUT2D eigenvalue weighted by atomic mass is 35.5. The molecule has 11 atom stereocenters. The molecule has 5 aliphatic rings. The average Bonchev–Trinajstić information content (AvgIpc) is 3.28. The van der Waals surface area contributed by atoms with Crippen LogP contribution in [0.4, 0.5) is 0 Å². The summed E-state index contributed by atoms with van der Waals surface area (Å²) in [7, 11) is 0. The van der Waals surface area contributed by atoms with E-state index in [1.165, 1.54) is 5.57 Å². The van der Waals surface area contributed by atoms with E-state index in [4.69, 9.17) is 14.2 Å². The smallest absolute Gasteiger partial charge is 0.312 e. The third-order valence-electron chi connectivity index (χ3n) is 18.7. The van der Waals surface area contributed by atoms with Crippen LogP contribution in [0.2, 0.25) is 0 Å². The minimum Gasteiger partial charge on any atom is -1.00 e. The van der Waals surface area contributed by atoms with Crippen molar-refractivity contribution in [3.05, 3.63) is 11.6 Å². The molecule has 5 aliphatic carbocycles. The first-order valence-electron chi connectivity index (χ1n) is 25.5. The Bertz CT molecular complexity index is 1550. The van der Waals surface area contributed by atoms with Crippen LogP contribution in [-0.2, 0) is 28.6 Å². The number of rotatable bonds is 25. The molecule has 388 valence electrons. The van der Waals surface area contributed by atoms with Gasteiger partial charge in [0.25, 0.3) is 0 Å². The van der Waals surface area contributed by atoms with Crippen molar-refractivity contribution in [3.8, 4) is 0 Å². The van der Waals surface area contributed by atoms with Crippen molar-refractivity contribution in [2.75, 3.05) is 98.4 Å². The summed E-state index contributed by atoms with van der Waals surface area (Å²) in [5.74, 6) is -3.05. The first-order chi connectivity index (χ1) is 29.7. The van der Waals surface area contributed by atoms with E-state index in [1.54, 1.807) is 0 Å². The van der Waals surface area contributed by atoms with Crippen molar-refractivity contribution in [1.29, 1.82) is 0 Å². The van der Waals surface area contributed by atoms with Crippen LogP contribution >= 0.6 is 0 Å². The minimum atomic E-state index is -0.864. The van der Waals surface area contributed by atoms with Gasteiger partial charge in [-0.15, -0.1) is 0 Å². The van der Waals surface area contributed by atoms with Crippen LogP contribution < -0.4 is 37.2 Å². The third kappa shape index (κ3) is 12.4. The minimum absolute atomic E-state index is 0. The number of carbonyl (C=O) groups excluding carboxylic acids is 3. The fraction of sp³-hybridized carbons (Fsp3) is 0.902. The molecule has 0 amide bonds. The summed E-state index contributed by atoms with van der Waals surface area (Å²) < 4.78 is 20.6. The van der Waals surface area contributed by atoms with E-state index in [9.17, 15) is 24.9 Å². The highest BCUT2D eigenvalue weighted by molar-refractivity contribution is 5.85. The molecule has 1 spiro atoms. The van der Waals surface area contributed by atoms with Gasteiger partial charge in [-0.05, 0) is 130 Å². The maximum atomic E-state index is 15.0. The Morgan fingerprint density at radius 3 is 1.44 bits per heavy atom. The van der Waals surface area contributed by atoms with E-state index in [1.807, 2.05) is 0 Å². The summed E-state index contributed by atoms with van der Waals surface area (Å²) in [5.41, 5.74) is -0.701. The summed E-state index contributed by atoms with van der Waals surface area (Å²) in [6, 6.07) is 0. The number of esters is 3. The number of carbonyl (C=O) groups is 3. The number of quaternary nitrogens is 3. The summed E-state index contributed by atoms with van der Waals surface area (Å²) in [5, 5.41) is 33.8. The first kappa shape index (κ1) is 62.8. The molecule has 7 unspecified atom stereocenters. The van der Waals surface area contributed by atoms with Crippen LogP contribution in [-0.4, -0.2) is 163 Å². The van der Waals surface area contributed by atoms with Crippen molar-refractivity contribution < 1.29 is 94.6 Å². The highest BCUT2D eigenvalue weighted by Gasteiger charge is 2.71. The lowest BCUT2D eigenvalue weighted by atomic mass is 9.34. The molecule has 0 aliphatic heterocycles. The van der Waals surface area contributed by atoms with Crippen molar-refractivity contribution in [1.82, 2.24) is 0 Å². The number of aliphatic hydroxyl groups excluding tert-OH is 3. The van der Waals surface area contributed by atoms with Crippen molar-refractivity contribution >= 4 is 17.9 Å². The third-order valence-corrected chi connectivity index (χ3v) is 18.7. The summed E-state index contributed by atoms with van der Waals surface area (Å²) in [6.45, 7) is 36.8. The molecule has 0 saturated heterocycles. The quantitative estimate of drug-likeness (QED) is 0.0390. The monoisotopic (exact) mass is 998 g/mol. The van der Waals surface area contributed by atoms with E-state index < -0.39 is 52.9 Å². The molecule has 3 saturated carbocycles. The Labute approximate surface area is 419 Å². The molecular formula is C51H94Cl3N3O9. The van der Waals surface area contributed by atoms with Gasteiger partial charge in [-0.3, -0.25) is 14.4 Å². The molecule has 5 rings (SSSR count). The number of ether oxygens (including phenoxy) is 3. The topological polar surface area (TPSA) is 140 Å². The van der Waals surface area contributed by atoms with Gasteiger partial charge in [0.1, 0.15) is 57.8 Å². The van der Waals surface area contributed by atoms with Crippen LogP contribution in [0.15, 0.2) is 11.6 Å². The van der Waals surface area contributed by atoms with Crippen LogP contribution in [0.3, 0.4) is 0 Å². The molecule has 0 radical (unpaired) electrons. The van der Waals surface area contributed by atoms with Gasteiger partial charge in [0.2, 0.25) is 0 Å². The van der Waals surface area contributed by atoms with Gasteiger partial charge in [-0.1, -0.05) is 38.8 Å². The number of hydrogen-bond acceptors (Lipinski definition) is 9. The molecule has 12 nitrogen and oxygen atoms in total. The molecule has 0 aromatic heterocycles. The number of nitrogens with zero attached hydrogens (tertiary/aromatic N) is 3. The maximum absolute atomic E-state index is 15.0. The zero-order valence-corrected chi connectivity index (χ0v) is 45.7. The Hall–Kier alpha value is -1.22. The molecule has 3 fully saturated rings. The normalized spacial score (nSPS) is 29.7. The molecule has 15 heteroatoms. The van der Waals surface area contributed by atoms with Crippen molar-refractivity contribution in [3.63, 3.8) is 0 Å².